The van der Waals surface area contributed by atoms with E-state index in [2.05, 4.69) is 9.97 Å². The van der Waals surface area contributed by atoms with Crippen LogP contribution in [0.3, 0.4) is 0 Å². The molecule has 1 aliphatic heterocycles. The minimum Gasteiger partial charge on any atom is -0.456 e. The number of nitrogens with zero attached hydrogens (tertiary/aromatic N) is 2. The lowest BCUT2D eigenvalue weighted by Gasteiger charge is -2.35. The minimum absolute atomic E-state index is 0.102. The Morgan fingerprint density at radius 3 is 2.12 bits per heavy atom. The van der Waals surface area contributed by atoms with Gasteiger partial charge in [-0.1, -0.05) is 0 Å². The molecule has 3 rings (SSSR count). The Bertz CT molecular complexity index is 1360. The molecule has 4 bridgehead atoms. The van der Waals surface area contributed by atoms with Gasteiger partial charge in [-0.2, -0.15) is 0 Å². The number of esters is 4. The molecule has 0 aliphatic carbocycles. The van der Waals surface area contributed by atoms with Crippen LogP contribution < -0.4 is 0 Å². The summed E-state index contributed by atoms with van der Waals surface area (Å²) in [5.41, 5.74) is -4.71. The van der Waals surface area contributed by atoms with Crippen LogP contribution in [0.2, 0.25) is 0 Å². The monoisotopic (exact) mass is 678 g/mol. The van der Waals surface area contributed by atoms with Crippen LogP contribution in [0.1, 0.15) is 118 Å². The molecule has 0 spiro atoms. The second-order valence-corrected chi connectivity index (χ2v) is 15.8. The van der Waals surface area contributed by atoms with Gasteiger partial charge in [0.2, 0.25) is 0 Å². The first-order valence-corrected chi connectivity index (χ1v) is 16.0. The number of carbonyl (C=O) groups is 4. The molecular weight excluding hydrogens is 643 g/mol. The van der Waals surface area contributed by atoms with Crippen molar-refractivity contribution in [2.75, 3.05) is 0 Å². The fourth-order valence-corrected chi connectivity index (χ4v) is 6.49. The van der Waals surface area contributed by atoms with Crippen LogP contribution in [-0.2, 0) is 28.5 Å². The quantitative estimate of drug-likeness (QED) is 0.214. The maximum absolute atomic E-state index is 13.7. The van der Waals surface area contributed by atoms with E-state index in [4.69, 9.17) is 42.1 Å². The van der Waals surface area contributed by atoms with Gasteiger partial charge in [0.1, 0.15) is 26.1 Å². The molecule has 2 aromatic heterocycles. The lowest BCUT2D eigenvalue weighted by molar-refractivity contribution is -0.179. The van der Waals surface area contributed by atoms with E-state index in [1.54, 1.807) is 20.8 Å². The molecule has 1 N–H and O–H groups in total. The van der Waals surface area contributed by atoms with E-state index in [1.165, 1.54) is 45.4 Å². The topological polar surface area (TPSA) is 151 Å². The van der Waals surface area contributed by atoms with Crippen LogP contribution in [0, 0.1) is 5.41 Å². The normalized spacial score (nSPS) is 23.0. The number of cyclic esters (lactones) is 3. The van der Waals surface area contributed by atoms with E-state index in [0.29, 0.717) is 12.8 Å². The molecular formula is C28H36Cl2N2O9S2. The van der Waals surface area contributed by atoms with Crippen molar-refractivity contribution in [2.24, 2.45) is 5.41 Å². The highest BCUT2D eigenvalue weighted by Gasteiger charge is 2.46. The number of alkyl halides is 2. The predicted octanol–water partition coefficient (Wildman–Crippen LogP) is 6.12. The van der Waals surface area contributed by atoms with E-state index >= 15 is 0 Å². The van der Waals surface area contributed by atoms with Crippen molar-refractivity contribution in [3.05, 3.63) is 32.2 Å². The molecule has 0 aromatic carbocycles. The highest BCUT2D eigenvalue weighted by atomic mass is 35.5. The van der Waals surface area contributed by atoms with Gasteiger partial charge in [0.25, 0.3) is 0 Å². The van der Waals surface area contributed by atoms with E-state index in [9.17, 15) is 24.3 Å². The fraction of sp³-hybridized carbons (Fsp3) is 0.643. The largest absolute Gasteiger partial charge is 0.456 e. The zero-order valence-corrected chi connectivity index (χ0v) is 28.3. The molecule has 15 heteroatoms. The molecule has 3 atom stereocenters. The highest BCUT2D eigenvalue weighted by Crippen LogP contribution is 2.40. The first-order chi connectivity index (χ1) is 19.6. The molecule has 43 heavy (non-hydrogen) atoms. The van der Waals surface area contributed by atoms with Gasteiger partial charge < -0.3 is 24.1 Å². The maximum atomic E-state index is 13.7. The molecule has 238 valence electrons. The Kier molecular flexibility index (Phi) is 10.6. The summed E-state index contributed by atoms with van der Waals surface area (Å²) >= 11 is 14.3. The van der Waals surface area contributed by atoms with Crippen molar-refractivity contribution in [2.45, 2.75) is 108 Å². The van der Waals surface area contributed by atoms with Gasteiger partial charge >= 0.3 is 23.9 Å². The molecule has 0 amide bonds. The summed E-state index contributed by atoms with van der Waals surface area (Å²) in [6.07, 6.45) is -2.55. The summed E-state index contributed by atoms with van der Waals surface area (Å²) in [5, 5.41) is 14.1. The SMILES string of the molecule is CC(=O)OC1c2nc(cs2)C(=O)OC(CCCC(C)(Cl)Cl)C(C)(C)C(=O)OC(C(C)(C)O)c2nc(cs2)C(=O)OC1(C)C. The zero-order chi connectivity index (χ0) is 32.5. The molecule has 0 radical (unpaired) electrons. The molecule has 11 nitrogen and oxygen atoms in total. The van der Waals surface area contributed by atoms with Crippen molar-refractivity contribution in [3.8, 4) is 0 Å². The van der Waals surface area contributed by atoms with E-state index in [-0.39, 0.29) is 27.8 Å². The number of halogens is 2. The summed E-state index contributed by atoms with van der Waals surface area (Å²) in [6, 6.07) is 0. The third kappa shape index (κ3) is 8.87. The average Bonchev–Trinajstić information content (AvgIpc) is 3.53. The molecule has 2 aromatic rings. The smallest absolute Gasteiger partial charge is 0.358 e. The van der Waals surface area contributed by atoms with Crippen LogP contribution in [0.25, 0.3) is 0 Å². The van der Waals surface area contributed by atoms with Gasteiger partial charge in [-0.25, -0.2) is 19.6 Å². The standard InChI is InChI=1S/C28H36Cl2N2O9S2/c1-14(33)38-19-21-31-15(12-43-21)22(34)39-17(10-9-11-28(8,29)30)25(2,3)24(36)40-18(26(4,5)37)20-32-16(13-42-20)23(35)41-27(19,6)7/h12-13,17-19,37H,9-11H2,1-8H3. The van der Waals surface area contributed by atoms with Crippen LogP contribution in [-0.4, -0.2) is 60.6 Å². The van der Waals surface area contributed by atoms with Crippen LogP contribution in [0.15, 0.2) is 10.8 Å². The second-order valence-electron chi connectivity index (χ2n) is 12.1. The van der Waals surface area contributed by atoms with Gasteiger partial charge in [-0.3, -0.25) is 9.59 Å². The third-order valence-corrected chi connectivity index (χ3v) is 8.86. The molecule has 3 unspecified atom stereocenters. The van der Waals surface area contributed by atoms with Crippen molar-refractivity contribution in [3.63, 3.8) is 0 Å². The Morgan fingerprint density at radius 1 is 1.00 bits per heavy atom. The number of aliphatic hydroxyl groups is 1. The number of hydrogen-bond acceptors (Lipinski definition) is 13. The Hall–Kier alpha value is -2.32. The lowest BCUT2D eigenvalue weighted by atomic mass is 9.83. The number of fused-ring (bicyclic) bond motifs is 4. The number of carbonyl (C=O) groups excluding carboxylic acids is 4. The van der Waals surface area contributed by atoms with Gasteiger partial charge in [0, 0.05) is 17.7 Å². The number of rotatable bonds is 6. The average molecular weight is 680 g/mol. The van der Waals surface area contributed by atoms with E-state index in [1.807, 2.05) is 0 Å². The zero-order valence-electron chi connectivity index (χ0n) is 25.2. The van der Waals surface area contributed by atoms with E-state index in [0.717, 1.165) is 22.7 Å². The summed E-state index contributed by atoms with van der Waals surface area (Å²) < 4.78 is 21.9. The summed E-state index contributed by atoms with van der Waals surface area (Å²) in [7, 11) is 0. The fourth-order valence-electron chi connectivity index (χ4n) is 4.25. The van der Waals surface area contributed by atoms with Crippen molar-refractivity contribution < 1.29 is 43.2 Å². The third-order valence-electron chi connectivity index (χ3n) is 6.71. The second kappa shape index (κ2) is 13.0. The summed E-state index contributed by atoms with van der Waals surface area (Å²) in [4.78, 5) is 61.0. The highest BCUT2D eigenvalue weighted by molar-refractivity contribution is 7.10. The first kappa shape index (κ1) is 35.2. The Morgan fingerprint density at radius 2 is 1.56 bits per heavy atom. The maximum Gasteiger partial charge on any atom is 0.358 e. The lowest BCUT2D eigenvalue weighted by Crippen LogP contribution is -2.44. The Labute approximate surface area is 268 Å². The van der Waals surface area contributed by atoms with Gasteiger partial charge in [0.15, 0.2) is 29.2 Å². The van der Waals surface area contributed by atoms with Crippen molar-refractivity contribution >= 4 is 69.8 Å². The molecule has 3 heterocycles. The van der Waals surface area contributed by atoms with Crippen LogP contribution in [0.4, 0.5) is 0 Å². The number of ether oxygens (including phenoxy) is 4. The summed E-state index contributed by atoms with van der Waals surface area (Å²) in [6.45, 7) is 11.9. The molecule has 0 saturated heterocycles. The van der Waals surface area contributed by atoms with E-state index < -0.39 is 63.1 Å². The molecule has 0 fully saturated rings. The number of thiazole rings is 2. The molecule has 1 aliphatic rings. The van der Waals surface area contributed by atoms with Gasteiger partial charge in [0.05, 0.1) is 5.41 Å². The summed E-state index contributed by atoms with van der Waals surface area (Å²) in [5.74, 6) is -3.13. The molecule has 0 saturated carbocycles. The first-order valence-electron chi connectivity index (χ1n) is 13.5. The van der Waals surface area contributed by atoms with Crippen LogP contribution >= 0.6 is 45.9 Å². The van der Waals surface area contributed by atoms with Gasteiger partial charge in [-0.05, 0) is 67.7 Å². The van der Waals surface area contributed by atoms with Crippen molar-refractivity contribution in [1.82, 2.24) is 9.97 Å². The number of hydrogen-bond donors (Lipinski definition) is 1. The number of aromatic nitrogens is 2. The Balaban J connectivity index is 2.14. The van der Waals surface area contributed by atoms with Crippen LogP contribution in [0.5, 0.6) is 0 Å². The minimum atomic E-state index is -1.62. The van der Waals surface area contributed by atoms with Gasteiger partial charge in [-0.15, -0.1) is 45.9 Å². The predicted molar refractivity (Wildman–Crippen MR) is 160 cm³/mol. The van der Waals surface area contributed by atoms with Crippen molar-refractivity contribution in [1.29, 1.82) is 0 Å².